The highest BCUT2D eigenvalue weighted by molar-refractivity contribution is 5.90. The van der Waals surface area contributed by atoms with Gasteiger partial charge in [-0.3, -0.25) is 4.79 Å². The van der Waals surface area contributed by atoms with Crippen LogP contribution >= 0.6 is 0 Å². The summed E-state index contributed by atoms with van der Waals surface area (Å²) in [6.07, 6.45) is -0.846. The maximum absolute atomic E-state index is 11.9. The average Bonchev–Trinajstić information content (AvgIpc) is 2.51. The minimum Gasteiger partial charge on any atom is -0.463 e. The van der Waals surface area contributed by atoms with Crippen molar-refractivity contribution in [1.29, 1.82) is 0 Å². The van der Waals surface area contributed by atoms with Gasteiger partial charge in [-0.05, 0) is 29.3 Å². The molecule has 0 aliphatic heterocycles. The van der Waals surface area contributed by atoms with Gasteiger partial charge in [-0.2, -0.15) is 0 Å². The van der Waals surface area contributed by atoms with Gasteiger partial charge >= 0.3 is 11.9 Å². The van der Waals surface area contributed by atoms with Gasteiger partial charge in [-0.1, -0.05) is 43.0 Å². The smallest absolute Gasteiger partial charge is 0.337 e. The molecule has 22 heavy (non-hydrogen) atoms. The van der Waals surface area contributed by atoms with Gasteiger partial charge < -0.3 is 9.47 Å². The summed E-state index contributed by atoms with van der Waals surface area (Å²) >= 11 is 0. The second kappa shape index (κ2) is 6.89. The number of hydrogen-bond donors (Lipinski definition) is 0. The molecule has 4 nitrogen and oxygen atoms in total. The molecule has 0 saturated carbocycles. The molecule has 114 valence electrons. The van der Waals surface area contributed by atoms with Gasteiger partial charge in [0.25, 0.3) is 0 Å². The number of fused-ring (bicyclic) bond motifs is 1. The summed E-state index contributed by atoms with van der Waals surface area (Å²) in [5.74, 6) is -1.05. The van der Waals surface area contributed by atoms with Crippen molar-refractivity contribution in [2.75, 3.05) is 6.61 Å². The Morgan fingerprint density at radius 2 is 1.82 bits per heavy atom. The fourth-order valence-corrected chi connectivity index (χ4v) is 2.21. The third-order valence-corrected chi connectivity index (χ3v) is 3.21. The number of hydrogen-bond acceptors (Lipinski definition) is 4. The van der Waals surface area contributed by atoms with E-state index in [0.717, 1.165) is 10.8 Å². The lowest BCUT2D eigenvalue weighted by Crippen LogP contribution is -2.18. The zero-order valence-corrected chi connectivity index (χ0v) is 12.7. The normalized spacial score (nSPS) is 11.7. The first kappa shape index (κ1) is 15.8. The van der Waals surface area contributed by atoms with E-state index < -0.39 is 18.0 Å². The summed E-state index contributed by atoms with van der Waals surface area (Å²) in [5, 5.41) is 2.06. The van der Waals surface area contributed by atoms with E-state index in [-0.39, 0.29) is 12.2 Å². The van der Waals surface area contributed by atoms with E-state index in [4.69, 9.17) is 9.47 Å². The lowest BCUT2D eigenvalue weighted by molar-refractivity contribution is -0.147. The van der Waals surface area contributed by atoms with Crippen LogP contribution in [-0.2, 0) is 19.1 Å². The SMILES string of the molecule is C=C(C(=O)OCC)C(OC(C)=O)c1ccc2ccccc2c1. The van der Waals surface area contributed by atoms with Crippen molar-refractivity contribution < 1.29 is 19.1 Å². The Kier molecular flexibility index (Phi) is 4.94. The second-order valence-electron chi connectivity index (χ2n) is 4.84. The molecule has 0 aromatic heterocycles. The largest absolute Gasteiger partial charge is 0.463 e. The molecule has 2 aromatic carbocycles. The third-order valence-electron chi connectivity index (χ3n) is 3.21. The molecule has 0 fully saturated rings. The number of rotatable bonds is 5. The summed E-state index contributed by atoms with van der Waals surface area (Å²) in [7, 11) is 0. The van der Waals surface area contributed by atoms with Crippen LogP contribution in [0, 0.1) is 0 Å². The summed E-state index contributed by atoms with van der Waals surface area (Å²) in [6, 6.07) is 13.4. The maximum atomic E-state index is 11.9. The van der Waals surface area contributed by atoms with Crippen molar-refractivity contribution in [1.82, 2.24) is 0 Å². The number of benzene rings is 2. The number of esters is 2. The molecule has 0 spiro atoms. The van der Waals surface area contributed by atoms with E-state index in [1.165, 1.54) is 6.92 Å². The number of carbonyl (C=O) groups is 2. The minimum absolute atomic E-state index is 0.104. The zero-order chi connectivity index (χ0) is 16.1. The van der Waals surface area contributed by atoms with Crippen molar-refractivity contribution in [2.45, 2.75) is 20.0 Å². The predicted octanol–water partition coefficient (Wildman–Crippen LogP) is 3.56. The highest BCUT2D eigenvalue weighted by atomic mass is 16.6. The third kappa shape index (κ3) is 3.52. The Balaban J connectivity index is 2.40. The highest BCUT2D eigenvalue weighted by Crippen LogP contribution is 2.28. The van der Waals surface area contributed by atoms with Crippen molar-refractivity contribution in [3.8, 4) is 0 Å². The van der Waals surface area contributed by atoms with Crippen LogP contribution in [0.25, 0.3) is 10.8 Å². The van der Waals surface area contributed by atoms with E-state index in [1.807, 2.05) is 42.5 Å². The van der Waals surface area contributed by atoms with Crippen LogP contribution in [0.15, 0.2) is 54.6 Å². The Morgan fingerprint density at radius 1 is 1.14 bits per heavy atom. The van der Waals surface area contributed by atoms with Gasteiger partial charge in [0.05, 0.1) is 12.2 Å². The summed E-state index contributed by atoms with van der Waals surface area (Å²) < 4.78 is 10.2. The molecule has 2 aromatic rings. The molecule has 1 atom stereocenters. The Labute approximate surface area is 129 Å². The second-order valence-corrected chi connectivity index (χ2v) is 4.84. The predicted molar refractivity (Wildman–Crippen MR) is 84.2 cm³/mol. The molecule has 1 unspecified atom stereocenters. The standard InChI is InChI=1S/C18H18O4/c1-4-21-18(20)12(2)17(22-13(3)19)16-10-9-14-7-5-6-8-15(14)11-16/h5-11,17H,2,4H2,1,3H3. The topological polar surface area (TPSA) is 52.6 Å². The van der Waals surface area contributed by atoms with Crippen LogP contribution in [0.5, 0.6) is 0 Å². The van der Waals surface area contributed by atoms with E-state index in [1.54, 1.807) is 6.92 Å². The quantitative estimate of drug-likeness (QED) is 0.625. The van der Waals surface area contributed by atoms with Gasteiger partial charge in [0.15, 0.2) is 6.10 Å². The van der Waals surface area contributed by atoms with Crippen molar-refractivity contribution in [2.24, 2.45) is 0 Å². The Hall–Kier alpha value is -2.62. The molecule has 0 aliphatic carbocycles. The van der Waals surface area contributed by atoms with Crippen molar-refractivity contribution in [3.63, 3.8) is 0 Å². The van der Waals surface area contributed by atoms with E-state index in [0.29, 0.717) is 5.56 Å². The number of carbonyl (C=O) groups excluding carboxylic acids is 2. The molecule has 4 heteroatoms. The molecular weight excluding hydrogens is 280 g/mol. The van der Waals surface area contributed by atoms with Gasteiger partial charge in [0.2, 0.25) is 0 Å². The van der Waals surface area contributed by atoms with Crippen LogP contribution < -0.4 is 0 Å². The first-order chi connectivity index (χ1) is 10.5. The molecule has 0 radical (unpaired) electrons. The molecule has 0 heterocycles. The maximum Gasteiger partial charge on any atom is 0.337 e. The van der Waals surface area contributed by atoms with E-state index in [2.05, 4.69) is 6.58 Å². The fraction of sp³-hybridized carbons (Fsp3) is 0.222. The van der Waals surface area contributed by atoms with Gasteiger partial charge in [-0.15, -0.1) is 0 Å². The molecule has 0 saturated heterocycles. The van der Waals surface area contributed by atoms with Crippen LogP contribution in [0.1, 0.15) is 25.5 Å². The lowest BCUT2D eigenvalue weighted by atomic mass is 9.99. The van der Waals surface area contributed by atoms with Crippen LogP contribution in [0.2, 0.25) is 0 Å². The lowest BCUT2D eigenvalue weighted by Gasteiger charge is -2.19. The van der Waals surface area contributed by atoms with E-state index >= 15 is 0 Å². The molecule has 0 N–H and O–H groups in total. The van der Waals surface area contributed by atoms with Gasteiger partial charge in [0, 0.05) is 6.92 Å². The summed E-state index contributed by atoms with van der Waals surface area (Å²) in [4.78, 5) is 23.3. The molecule has 0 amide bonds. The van der Waals surface area contributed by atoms with Gasteiger partial charge in [-0.25, -0.2) is 4.79 Å². The monoisotopic (exact) mass is 298 g/mol. The summed E-state index contributed by atoms with van der Waals surface area (Å²) in [5.41, 5.74) is 0.791. The van der Waals surface area contributed by atoms with Gasteiger partial charge in [0.1, 0.15) is 0 Å². The van der Waals surface area contributed by atoms with E-state index in [9.17, 15) is 9.59 Å². The minimum atomic E-state index is -0.846. The van der Waals surface area contributed by atoms with Crippen molar-refractivity contribution in [3.05, 3.63) is 60.2 Å². The zero-order valence-electron chi connectivity index (χ0n) is 12.7. The molecule has 0 aliphatic rings. The average molecular weight is 298 g/mol. The summed E-state index contributed by atoms with van der Waals surface area (Å²) in [6.45, 7) is 6.98. The highest BCUT2D eigenvalue weighted by Gasteiger charge is 2.25. The fourth-order valence-electron chi connectivity index (χ4n) is 2.21. The molecule has 0 bridgehead atoms. The molecule has 2 rings (SSSR count). The molecular formula is C18H18O4. The first-order valence-corrected chi connectivity index (χ1v) is 7.04. The van der Waals surface area contributed by atoms with Crippen LogP contribution in [0.4, 0.5) is 0 Å². The first-order valence-electron chi connectivity index (χ1n) is 7.04. The Morgan fingerprint density at radius 3 is 2.45 bits per heavy atom. The van der Waals surface area contributed by atoms with Crippen molar-refractivity contribution >= 4 is 22.7 Å². The Bertz CT molecular complexity index is 718. The van der Waals surface area contributed by atoms with Crippen LogP contribution in [0.3, 0.4) is 0 Å². The van der Waals surface area contributed by atoms with Crippen LogP contribution in [-0.4, -0.2) is 18.5 Å². The number of ether oxygens (including phenoxy) is 2.